The van der Waals surface area contributed by atoms with E-state index in [4.69, 9.17) is 4.42 Å². The molecule has 8 nitrogen and oxygen atoms in total. The Morgan fingerprint density at radius 2 is 1.96 bits per heavy atom. The van der Waals surface area contributed by atoms with Crippen LogP contribution < -0.4 is 5.32 Å². The van der Waals surface area contributed by atoms with E-state index in [1.54, 1.807) is 12.4 Å². The lowest BCUT2D eigenvalue weighted by Gasteiger charge is -2.03. The molecule has 4 aromatic rings. The minimum atomic E-state index is -0.0937. The Hall–Kier alpha value is -3.20. The lowest BCUT2D eigenvalue weighted by molar-refractivity contribution is -0.118. The molecule has 2 N–H and O–H groups in total. The third kappa shape index (κ3) is 4.74. The maximum Gasteiger partial charge on any atom is 0.277 e. The molecule has 1 amide bonds. The average Bonchev–Trinajstić information content (AvgIpc) is 3.36. The van der Waals surface area contributed by atoms with Crippen LogP contribution in [-0.2, 0) is 24.2 Å². The van der Waals surface area contributed by atoms with Gasteiger partial charge in [-0.2, -0.15) is 0 Å². The van der Waals surface area contributed by atoms with Crippen molar-refractivity contribution in [2.45, 2.75) is 24.6 Å². The van der Waals surface area contributed by atoms with Crippen molar-refractivity contribution >= 4 is 28.7 Å². The fraction of sp³-hybridized carbons (Fsp3) is 0.211. The van der Waals surface area contributed by atoms with E-state index in [1.807, 2.05) is 36.4 Å². The molecule has 3 heterocycles. The second-order valence-corrected chi connectivity index (χ2v) is 7.01. The molecule has 4 rings (SSSR count). The van der Waals surface area contributed by atoms with E-state index in [0.717, 1.165) is 22.4 Å². The van der Waals surface area contributed by atoms with Crippen LogP contribution in [0.15, 0.2) is 58.4 Å². The normalized spacial score (nSPS) is 11.0. The summed E-state index contributed by atoms with van der Waals surface area (Å²) in [7, 11) is 0. The number of aromatic nitrogens is 5. The van der Waals surface area contributed by atoms with Crippen molar-refractivity contribution < 1.29 is 9.21 Å². The molecule has 0 bridgehead atoms. The second-order valence-electron chi connectivity index (χ2n) is 6.08. The van der Waals surface area contributed by atoms with Crippen LogP contribution in [0.25, 0.3) is 11.0 Å². The first-order valence-corrected chi connectivity index (χ1v) is 9.79. The Kier molecular flexibility index (Phi) is 5.62. The van der Waals surface area contributed by atoms with Crippen molar-refractivity contribution in [3.8, 4) is 0 Å². The van der Waals surface area contributed by atoms with Crippen molar-refractivity contribution in [1.29, 1.82) is 0 Å². The SMILES string of the molecule is O=C(CSc1nnc(CCc2nc3ccccc3[nH]2)o1)NCc1ccncc1. The fourth-order valence-electron chi connectivity index (χ4n) is 2.63. The molecule has 0 fully saturated rings. The van der Waals surface area contributed by atoms with Crippen molar-refractivity contribution in [2.24, 2.45) is 0 Å². The first kappa shape index (κ1) is 18.2. The molecule has 0 aliphatic rings. The van der Waals surface area contributed by atoms with Gasteiger partial charge in [-0.3, -0.25) is 9.78 Å². The number of imidazole rings is 1. The molecule has 0 saturated heterocycles. The molecule has 0 radical (unpaired) electrons. The first-order valence-electron chi connectivity index (χ1n) is 8.81. The number of hydrogen-bond donors (Lipinski definition) is 2. The number of nitrogens with zero attached hydrogens (tertiary/aromatic N) is 4. The molecule has 0 unspecified atom stereocenters. The van der Waals surface area contributed by atoms with Gasteiger partial charge in [0.1, 0.15) is 5.82 Å². The molecule has 3 aromatic heterocycles. The Bertz CT molecular complexity index is 1030. The van der Waals surface area contributed by atoms with Gasteiger partial charge in [0.05, 0.1) is 16.8 Å². The third-order valence-corrected chi connectivity index (χ3v) is 4.85. The molecule has 0 aliphatic carbocycles. The van der Waals surface area contributed by atoms with Crippen LogP contribution in [0.1, 0.15) is 17.3 Å². The summed E-state index contributed by atoms with van der Waals surface area (Å²) < 4.78 is 5.60. The van der Waals surface area contributed by atoms with Gasteiger partial charge in [0, 0.05) is 31.8 Å². The van der Waals surface area contributed by atoms with Crippen molar-refractivity contribution in [3.63, 3.8) is 0 Å². The number of carbonyl (C=O) groups excluding carboxylic acids is 1. The molecule has 0 atom stereocenters. The summed E-state index contributed by atoms with van der Waals surface area (Å²) in [5.74, 6) is 1.53. The lowest BCUT2D eigenvalue weighted by atomic mass is 10.3. The van der Waals surface area contributed by atoms with E-state index >= 15 is 0 Å². The molecular weight excluding hydrogens is 376 g/mol. The summed E-state index contributed by atoms with van der Waals surface area (Å²) in [5, 5.41) is 11.3. The predicted octanol–water partition coefficient (Wildman–Crippen LogP) is 2.53. The van der Waals surface area contributed by atoms with Crippen molar-refractivity contribution in [2.75, 3.05) is 5.75 Å². The van der Waals surface area contributed by atoms with Crippen LogP contribution in [-0.4, -0.2) is 36.8 Å². The average molecular weight is 394 g/mol. The molecular formula is C19H18N6O2S. The molecule has 0 aliphatic heterocycles. The maximum atomic E-state index is 11.9. The quantitative estimate of drug-likeness (QED) is 0.442. The highest BCUT2D eigenvalue weighted by Crippen LogP contribution is 2.17. The minimum Gasteiger partial charge on any atom is -0.416 e. The highest BCUT2D eigenvalue weighted by atomic mass is 32.2. The monoisotopic (exact) mass is 394 g/mol. The van der Waals surface area contributed by atoms with Gasteiger partial charge in [0.15, 0.2) is 0 Å². The number of rotatable bonds is 8. The molecule has 142 valence electrons. The zero-order valence-corrected chi connectivity index (χ0v) is 15.8. The van der Waals surface area contributed by atoms with Crippen LogP contribution in [0.3, 0.4) is 0 Å². The van der Waals surface area contributed by atoms with Gasteiger partial charge in [-0.15, -0.1) is 10.2 Å². The maximum absolute atomic E-state index is 11.9. The minimum absolute atomic E-state index is 0.0937. The largest absolute Gasteiger partial charge is 0.416 e. The van der Waals surface area contributed by atoms with E-state index in [-0.39, 0.29) is 11.7 Å². The van der Waals surface area contributed by atoms with Gasteiger partial charge in [-0.05, 0) is 29.8 Å². The molecule has 28 heavy (non-hydrogen) atoms. The fourth-order valence-corrected chi connectivity index (χ4v) is 3.24. The number of hydrogen-bond acceptors (Lipinski definition) is 7. The second kappa shape index (κ2) is 8.66. The molecule has 0 saturated carbocycles. The van der Waals surface area contributed by atoms with Gasteiger partial charge in [0.2, 0.25) is 11.8 Å². The Morgan fingerprint density at radius 3 is 2.82 bits per heavy atom. The smallest absolute Gasteiger partial charge is 0.277 e. The van der Waals surface area contributed by atoms with Crippen molar-refractivity contribution in [1.82, 2.24) is 30.5 Å². The Morgan fingerprint density at radius 1 is 1.11 bits per heavy atom. The topological polar surface area (TPSA) is 110 Å². The van der Waals surface area contributed by atoms with Gasteiger partial charge >= 0.3 is 0 Å². The van der Waals surface area contributed by atoms with Crippen molar-refractivity contribution in [3.05, 3.63) is 66.1 Å². The summed E-state index contributed by atoms with van der Waals surface area (Å²) in [6.45, 7) is 0.467. The van der Waals surface area contributed by atoms with E-state index in [0.29, 0.717) is 30.5 Å². The number of benzene rings is 1. The summed E-state index contributed by atoms with van der Waals surface area (Å²) >= 11 is 1.22. The number of H-pyrrole nitrogens is 1. The zero-order valence-electron chi connectivity index (χ0n) is 15.0. The van der Waals surface area contributed by atoms with Crippen LogP contribution >= 0.6 is 11.8 Å². The number of carbonyl (C=O) groups is 1. The standard InChI is InChI=1S/C19H18N6O2S/c26-17(21-11-13-7-9-20-10-8-13)12-28-19-25-24-18(27-19)6-5-16-22-14-3-1-2-4-15(14)23-16/h1-4,7-10H,5-6,11-12H2,(H,21,26)(H,22,23). The number of nitrogens with one attached hydrogen (secondary N) is 2. The highest BCUT2D eigenvalue weighted by Gasteiger charge is 2.11. The van der Waals surface area contributed by atoms with E-state index in [9.17, 15) is 4.79 Å². The third-order valence-electron chi connectivity index (χ3n) is 4.03. The lowest BCUT2D eigenvalue weighted by Crippen LogP contribution is -2.24. The van der Waals surface area contributed by atoms with Crippen LogP contribution in [0.5, 0.6) is 0 Å². The number of pyridine rings is 1. The number of aryl methyl sites for hydroxylation is 2. The van der Waals surface area contributed by atoms with E-state index in [2.05, 4.69) is 30.5 Å². The molecule has 0 spiro atoms. The first-order chi connectivity index (χ1) is 13.8. The summed E-state index contributed by atoms with van der Waals surface area (Å²) in [4.78, 5) is 23.7. The van der Waals surface area contributed by atoms with Crippen LogP contribution in [0.4, 0.5) is 0 Å². The van der Waals surface area contributed by atoms with Gasteiger partial charge < -0.3 is 14.7 Å². The number of fused-ring (bicyclic) bond motifs is 1. The summed E-state index contributed by atoms with van der Waals surface area (Å²) in [6.07, 6.45) is 4.65. The zero-order chi connectivity index (χ0) is 19.2. The Labute approximate surface area is 165 Å². The molecule has 1 aromatic carbocycles. The van der Waals surface area contributed by atoms with E-state index < -0.39 is 0 Å². The van der Waals surface area contributed by atoms with Crippen LogP contribution in [0.2, 0.25) is 0 Å². The van der Waals surface area contributed by atoms with Gasteiger partial charge in [-0.25, -0.2) is 4.98 Å². The summed E-state index contributed by atoms with van der Waals surface area (Å²) in [6, 6.07) is 11.6. The van der Waals surface area contributed by atoms with E-state index in [1.165, 1.54) is 11.8 Å². The predicted molar refractivity (Wildman–Crippen MR) is 105 cm³/mol. The number of thioether (sulfide) groups is 1. The Balaban J connectivity index is 1.23. The number of aromatic amines is 1. The van der Waals surface area contributed by atoms with Gasteiger partial charge in [-0.1, -0.05) is 23.9 Å². The van der Waals surface area contributed by atoms with Gasteiger partial charge in [0.25, 0.3) is 5.22 Å². The van der Waals surface area contributed by atoms with Crippen LogP contribution in [0, 0.1) is 0 Å². The number of amides is 1. The number of para-hydroxylation sites is 2. The highest BCUT2D eigenvalue weighted by molar-refractivity contribution is 7.99. The molecule has 9 heteroatoms. The summed E-state index contributed by atoms with van der Waals surface area (Å²) in [5.41, 5.74) is 2.95.